The van der Waals surface area contributed by atoms with E-state index in [4.69, 9.17) is 15.9 Å². The molecule has 3 aromatic carbocycles. The summed E-state index contributed by atoms with van der Waals surface area (Å²) in [6.45, 7) is 3.15. The van der Waals surface area contributed by atoms with Gasteiger partial charge in [0.05, 0.1) is 24.1 Å². The lowest BCUT2D eigenvalue weighted by atomic mass is 9.98. The lowest BCUT2D eigenvalue weighted by molar-refractivity contribution is 0.309. The fraction of sp³-hybridized carbons (Fsp3) is 0.320. The Morgan fingerprint density at radius 3 is 2.54 bits per heavy atom. The zero-order chi connectivity index (χ0) is 23.6. The van der Waals surface area contributed by atoms with Gasteiger partial charge in [0.25, 0.3) is 0 Å². The maximum Gasteiger partial charge on any atom is 0.235 e. The molecule has 0 aromatic heterocycles. The van der Waals surface area contributed by atoms with Gasteiger partial charge in [-0.15, -0.1) is 24.8 Å². The van der Waals surface area contributed by atoms with Crippen molar-refractivity contribution in [1.82, 2.24) is 5.32 Å². The van der Waals surface area contributed by atoms with Crippen LogP contribution in [-0.2, 0) is 16.4 Å². The van der Waals surface area contributed by atoms with Gasteiger partial charge in [-0.25, -0.2) is 8.42 Å². The quantitative estimate of drug-likeness (QED) is 0.212. The van der Waals surface area contributed by atoms with E-state index in [1.54, 1.807) is 11.2 Å². The molecule has 1 aliphatic rings. The summed E-state index contributed by atoms with van der Waals surface area (Å²) in [6, 6.07) is 16.9. The minimum absolute atomic E-state index is 0. The fourth-order valence-electron chi connectivity index (χ4n) is 4.30. The molecule has 3 aromatic rings. The van der Waals surface area contributed by atoms with Crippen LogP contribution in [0, 0.1) is 5.41 Å². The van der Waals surface area contributed by atoms with E-state index in [2.05, 4.69) is 5.32 Å². The summed E-state index contributed by atoms with van der Waals surface area (Å²) >= 11 is 0. The minimum atomic E-state index is -3.49. The third kappa shape index (κ3) is 6.01. The third-order valence-electron chi connectivity index (χ3n) is 6.05. The number of hydrogen-bond acceptors (Lipinski definition) is 5. The van der Waals surface area contributed by atoms with E-state index in [9.17, 15) is 8.42 Å². The van der Waals surface area contributed by atoms with E-state index in [1.807, 2.05) is 61.6 Å². The summed E-state index contributed by atoms with van der Waals surface area (Å²) in [6.07, 6.45) is 1.46. The van der Waals surface area contributed by atoms with Gasteiger partial charge in [-0.3, -0.25) is 9.71 Å². The number of fused-ring (bicyclic) bond motifs is 2. The molecule has 1 heterocycles. The molecule has 1 aliphatic heterocycles. The zero-order valence-corrected chi connectivity index (χ0v) is 22.2. The van der Waals surface area contributed by atoms with Crippen molar-refractivity contribution in [3.05, 3.63) is 71.3 Å². The molecule has 4 rings (SSSR count). The van der Waals surface area contributed by atoms with Gasteiger partial charge in [-0.1, -0.05) is 24.3 Å². The number of nitrogens with two attached hydrogens (primary N) is 1. The highest BCUT2D eigenvalue weighted by Gasteiger charge is 2.37. The molecule has 1 unspecified atom stereocenters. The lowest BCUT2D eigenvalue weighted by Gasteiger charge is -2.27. The standard InChI is InChI=1S/C25H30N4O3S.2ClH/c1-3-33(30,31)29-23-10-9-22(32-12-4-11-28-2)15-21(23)16-24(29)18-7-5-17-6-8-19(25(26)27)14-20(17)13-18;;/h5-10,13-15,24,28H,3-4,11-12,16H2,1-2H3,(H3,26,27);2*1H. The number of nitrogen functional groups attached to an aromatic ring is 1. The van der Waals surface area contributed by atoms with Crippen LogP contribution in [0.1, 0.15) is 36.1 Å². The van der Waals surface area contributed by atoms with E-state index in [0.717, 1.165) is 40.6 Å². The number of anilines is 1. The molecule has 0 fully saturated rings. The van der Waals surface area contributed by atoms with E-state index in [0.29, 0.717) is 24.3 Å². The lowest BCUT2D eigenvalue weighted by Crippen LogP contribution is -2.33. The molecule has 7 nitrogen and oxygen atoms in total. The van der Waals surface area contributed by atoms with Crippen molar-refractivity contribution in [2.24, 2.45) is 5.73 Å². The number of sulfonamides is 1. The summed E-state index contributed by atoms with van der Waals surface area (Å²) < 4.78 is 33.7. The molecule has 0 bridgehead atoms. The number of nitrogens with one attached hydrogen (secondary N) is 2. The van der Waals surface area contributed by atoms with Crippen LogP contribution < -0.4 is 20.1 Å². The number of ether oxygens (including phenoxy) is 1. The summed E-state index contributed by atoms with van der Waals surface area (Å²) in [4.78, 5) is 0. The van der Waals surface area contributed by atoms with Crippen LogP contribution in [0.4, 0.5) is 5.69 Å². The summed E-state index contributed by atoms with van der Waals surface area (Å²) in [5.41, 5.74) is 8.89. The van der Waals surface area contributed by atoms with Gasteiger partial charge in [0.15, 0.2) is 0 Å². The Hall–Kier alpha value is -2.52. The molecule has 10 heteroatoms. The molecule has 35 heavy (non-hydrogen) atoms. The van der Waals surface area contributed by atoms with E-state index in [1.165, 1.54) is 0 Å². The second-order valence-corrected chi connectivity index (χ2v) is 10.4. The van der Waals surface area contributed by atoms with Gasteiger partial charge >= 0.3 is 0 Å². The van der Waals surface area contributed by atoms with Gasteiger partial charge in [-0.2, -0.15) is 0 Å². The minimum Gasteiger partial charge on any atom is -0.494 e. The Labute approximate surface area is 219 Å². The second-order valence-electron chi connectivity index (χ2n) is 8.25. The van der Waals surface area contributed by atoms with Crippen molar-refractivity contribution in [1.29, 1.82) is 5.41 Å². The maximum atomic E-state index is 13.1. The predicted octanol–water partition coefficient (Wildman–Crippen LogP) is 4.41. The summed E-state index contributed by atoms with van der Waals surface area (Å²) in [5.74, 6) is 0.782. The van der Waals surface area contributed by atoms with Gasteiger partial charge in [0.1, 0.15) is 11.6 Å². The van der Waals surface area contributed by atoms with Crippen molar-refractivity contribution < 1.29 is 13.2 Å². The smallest absolute Gasteiger partial charge is 0.235 e. The van der Waals surface area contributed by atoms with E-state index < -0.39 is 10.0 Å². The van der Waals surface area contributed by atoms with Crippen molar-refractivity contribution in [3.8, 4) is 5.75 Å². The number of nitrogens with zero attached hydrogens (tertiary/aromatic N) is 1. The molecule has 0 radical (unpaired) electrons. The van der Waals surface area contributed by atoms with Crippen LogP contribution in [0.5, 0.6) is 5.75 Å². The number of amidine groups is 1. The SMILES string of the molecule is CCS(=O)(=O)N1c2ccc(OCCCNC)cc2CC1c1ccc2ccc(C(=N)N)cc2c1.Cl.Cl. The Balaban J connectivity index is 0.00000216. The number of benzene rings is 3. The van der Waals surface area contributed by atoms with Gasteiger partial charge in [0, 0.05) is 12.0 Å². The van der Waals surface area contributed by atoms with E-state index in [-0.39, 0.29) is 42.4 Å². The van der Waals surface area contributed by atoms with Crippen LogP contribution >= 0.6 is 24.8 Å². The Morgan fingerprint density at radius 1 is 1.11 bits per heavy atom. The highest BCUT2D eigenvalue weighted by Crippen LogP contribution is 2.44. The average Bonchev–Trinajstić information content (AvgIpc) is 3.21. The zero-order valence-electron chi connectivity index (χ0n) is 19.8. The first kappa shape index (κ1) is 28.7. The van der Waals surface area contributed by atoms with Gasteiger partial charge < -0.3 is 15.8 Å². The van der Waals surface area contributed by atoms with Gasteiger partial charge in [0.2, 0.25) is 10.0 Å². The maximum absolute atomic E-state index is 13.1. The third-order valence-corrected chi connectivity index (χ3v) is 7.83. The van der Waals surface area contributed by atoms with Crippen LogP contribution in [0.2, 0.25) is 0 Å². The van der Waals surface area contributed by atoms with Crippen LogP contribution in [0.15, 0.2) is 54.6 Å². The highest BCUT2D eigenvalue weighted by atomic mass is 35.5. The molecular weight excluding hydrogens is 507 g/mol. The molecule has 190 valence electrons. The Kier molecular flexibility index (Phi) is 9.80. The van der Waals surface area contributed by atoms with Crippen LogP contribution in [0.25, 0.3) is 10.8 Å². The average molecular weight is 540 g/mol. The first-order valence-corrected chi connectivity index (χ1v) is 12.8. The highest BCUT2D eigenvalue weighted by molar-refractivity contribution is 7.92. The second kappa shape index (κ2) is 11.9. The van der Waals surface area contributed by atoms with Crippen molar-refractivity contribution >= 4 is 57.1 Å². The molecule has 0 saturated heterocycles. The number of hydrogen-bond donors (Lipinski definition) is 3. The number of rotatable bonds is 9. The monoisotopic (exact) mass is 538 g/mol. The summed E-state index contributed by atoms with van der Waals surface area (Å²) in [7, 11) is -1.58. The Bertz CT molecular complexity index is 1300. The predicted molar refractivity (Wildman–Crippen MR) is 148 cm³/mol. The molecule has 0 saturated carbocycles. The molecule has 0 spiro atoms. The first-order valence-electron chi connectivity index (χ1n) is 11.1. The molecule has 1 atom stereocenters. The molecule has 4 N–H and O–H groups in total. The van der Waals surface area contributed by atoms with Gasteiger partial charge in [-0.05, 0) is 79.2 Å². The normalized spacial score (nSPS) is 14.7. The molecular formula is C25H32Cl2N4O3S. The van der Waals surface area contributed by atoms with E-state index >= 15 is 0 Å². The fourth-order valence-corrected chi connectivity index (χ4v) is 5.64. The van der Waals surface area contributed by atoms with Crippen molar-refractivity contribution in [3.63, 3.8) is 0 Å². The van der Waals surface area contributed by atoms with Crippen LogP contribution in [0.3, 0.4) is 0 Å². The topological polar surface area (TPSA) is 109 Å². The molecule has 0 amide bonds. The molecule has 0 aliphatic carbocycles. The van der Waals surface area contributed by atoms with Crippen LogP contribution in [-0.4, -0.2) is 40.2 Å². The van der Waals surface area contributed by atoms with Crippen molar-refractivity contribution in [2.45, 2.75) is 25.8 Å². The largest absolute Gasteiger partial charge is 0.494 e. The number of halogens is 2. The first-order chi connectivity index (χ1) is 15.8. The Morgan fingerprint density at radius 2 is 1.86 bits per heavy atom. The summed E-state index contributed by atoms with van der Waals surface area (Å²) in [5, 5.41) is 12.8. The van der Waals surface area contributed by atoms with Crippen molar-refractivity contribution in [2.75, 3.05) is 30.3 Å².